The fourth-order valence-corrected chi connectivity index (χ4v) is 3.72. The van der Waals surface area contributed by atoms with Crippen molar-refractivity contribution in [3.05, 3.63) is 51.9 Å². The third-order valence-corrected chi connectivity index (χ3v) is 4.94. The number of hydrogen-bond donors (Lipinski definition) is 2. The van der Waals surface area contributed by atoms with Crippen LogP contribution in [0.15, 0.2) is 40.4 Å². The second kappa shape index (κ2) is 8.07. The summed E-state index contributed by atoms with van der Waals surface area (Å²) in [5.41, 5.74) is 0.693. The summed E-state index contributed by atoms with van der Waals surface area (Å²) in [4.78, 5) is 28.6. The van der Waals surface area contributed by atoms with Crippen LogP contribution in [0.3, 0.4) is 0 Å². The first-order valence-corrected chi connectivity index (χ1v) is 10.1. The summed E-state index contributed by atoms with van der Waals surface area (Å²) >= 11 is 2.87. The van der Waals surface area contributed by atoms with E-state index in [4.69, 9.17) is 4.74 Å². The molecule has 0 aliphatic rings. The number of benzene rings is 1. The van der Waals surface area contributed by atoms with Crippen LogP contribution >= 0.6 is 22.7 Å². The first-order chi connectivity index (χ1) is 13.2. The highest BCUT2D eigenvalue weighted by molar-refractivity contribution is 7.14. The summed E-state index contributed by atoms with van der Waals surface area (Å²) in [5, 5.41) is 11.2. The van der Waals surface area contributed by atoms with Crippen LogP contribution in [0.5, 0.6) is 0 Å². The molecule has 3 rings (SSSR count). The van der Waals surface area contributed by atoms with E-state index in [1.807, 2.05) is 16.8 Å². The van der Waals surface area contributed by atoms with Gasteiger partial charge in [-0.05, 0) is 50.4 Å². The predicted octanol–water partition coefficient (Wildman–Crippen LogP) is 5.61. The summed E-state index contributed by atoms with van der Waals surface area (Å²) in [6.45, 7) is 5.21. The second-order valence-corrected chi connectivity index (χ2v) is 8.46. The first kappa shape index (κ1) is 20.0. The standard InChI is InChI=1S/C19H18FN3O3S2/c1-19(2,3)26-18(25)21-12-4-5-13(20)14(8-12)22-16(24)15-10-28-17(23-15)11-6-7-27-9-11/h4-10H,1-3H3,(H,21,25)(H,22,24). The fraction of sp³-hybridized carbons (Fsp3) is 0.211. The Balaban J connectivity index is 1.71. The van der Waals surface area contributed by atoms with Gasteiger partial charge >= 0.3 is 6.09 Å². The van der Waals surface area contributed by atoms with Crippen molar-refractivity contribution >= 4 is 46.0 Å². The Labute approximate surface area is 169 Å². The van der Waals surface area contributed by atoms with Gasteiger partial charge in [-0.15, -0.1) is 11.3 Å². The van der Waals surface area contributed by atoms with E-state index < -0.39 is 23.4 Å². The van der Waals surface area contributed by atoms with Crippen LogP contribution in [0, 0.1) is 5.82 Å². The van der Waals surface area contributed by atoms with Gasteiger partial charge in [-0.1, -0.05) is 0 Å². The van der Waals surface area contributed by atoms with Crippen molar-refractivity contribution in [3.63, 3.8) is 0 Å². The number of amides is 2. The minimum atomic E-state index is -0.670. The summed E-state index contributed by atoms with van der Waals surface area (Å²) < 4.78 is 19.3. The normalized spacial score (nSPS) is 11.1. The minimum absolute atomic E-state index is 0.0661. The maximum Gasteiger partial charge on any atom is 0.412 e. The smallest absolute Gasteiger partial charge is 0.412 e. The molecule has 0 aliphatic heterocycles. The number of hydrogen-bond acceptors (Lipinski definition) is 6. The molecule has 2 heterocycles. The molecule has 0 aliphatic carbocycles. The van der Waals surface area contributed by atoms with Gasteiger partial charge in [0.05, 0.1) is 5.69 Å². The van der Waals surface area contributed by atoms with Gasteiger partial charge < -0.3 is 10.1 Å². The van der Waals surface area contributed by atoms with Gasteiger partial charge in [0.15, 0.2) is 0 Å². The number of nitrogens with one attached hydrogen (secondary N) is 2. The third-order valence-electron chi connectivity index (χ3n) is 3.36. The highest BCUT2D eigenvalue weighted by Gasteiger charge is 2.18. The Morgan fingerprint density at radius 1 is 1.14 bits per heavy atom. The third kappa shape index (κ3) is 5.14. The van der Waals surface area contributed by atoms with Crippen LogP contribution in [-0.4, -0.2) is 22.6 Å². The fourth-order valence-electron chi connectivity index (χ4n) is 2.20. The molecule has 146 valence electrons. The van der Waals surface area contributed by atoms with Crippen molar-refractivity contribution in [1.82, 2.24) is 4.98 Å². The quantitative estimate of drug-likeness (QED) is 0.576. The SMILES string of the molecule is CC(C)(C)OC(=O)Nc1ccc(F)c(NC(=O)c2csc(-c3ccsc3)n2)c1. The number of ether oxygens (including phenoxy) is 1. The lowest BCUT2D eigenvalue weighted by atomic mass is 10.2. The second-order valence-electron chi connectivity index (χ2n) is 6.83. The minimum Gasteiger partial charge on any atom is -0.444 e. The van der Waals surface area contributed by atoms with Crippen molar-refractivity contribution in [2.75, 3.05) is 10.6 Å². The molecule has 0 radical (unpaired) electrons. The summed E-state index contributed by atoms with van der Waals surface area (Å²) in [6, 6.07) is 5.77. The molecule has 1 aromatic carbocycles. The lowest BCUT2D eigenvalue weighted by molar-refractivity contribution is 0.0636. The predicted molar refractivity (Wildman–Crippen MR) is 110 cm³/mol. The van der Waals surface area contributed by atoms with Crippen molar-refractivity contribution in [2.45, 2.75) is 26.4 Å². The molecule has 0 bridgehead atoms. The number of nitrogens with zero attached hydrogens (tertiary/aromatic N) is 1. The lowest BCUT2D eigenvalue weighted by Crippen LogP contribution is -2.27. The van der Waals surface area contributed by atoms with Crippen molar-refractivity contribution in [3.8, 4) is 10.6 Å². The van der Waals surface area contributed by atoms with E-state index in [9.17, 15) is 14.0 Å². The van der Waals surface area contributed by atoms with Gasteiger partial charge in [-0.2, -0.15) is 11.3 Å². The Hall–Kier alpha value is -2.78. The zero-order valence-electron chi connectivity index (χ0n) is 15.4. The average molecular weight is 420 g/mol. The summed E-state index contributed by atoms with van der Waals surface area (Å²) in [7, 11) is 0. The van der Waals surface area contributed by atoms with Crippen LogP contribution in [0.2, 0.25) is 0 Å². The Morgan fingerprint density at radius 2 is 1.93 bits per heavy atom. The van der Waals surface area contributed by atoms with Crippen molar-refractivity contribution in [1.29, 1.82) is 0 Å². The Bertz CT molecular complexity index is 994. The number of thiophene rings is 1. The molecule has 2 aromatic heterocycles. The molecular weight excluding hydrogens is 401 g/mol. The Kier molecular flexibility index (Phi) is 5.76. The van der Waals surface area contributed by atoms with E-state index in [0.717, 1.165) is 11.6 Å². The van der Waals surface area contributed by atoms with Crippen molar-refractivity contribution in [2.24, 2.45) is 0 Å². The zero-order valence-corrected chi connectivity index (χ0v) is 17.0. The molecule has 0 spiro atoms. The summed E-state index contributed by atoms with van der Waals surface area (Å²) in [6.07, 6.45) is -0.670. The average Bonchev–Trinajstić information content (AvgIpc) is 3.26. The maximum atomic E-state index is 14.1. The zero-order chi connectivity index (χ0) is 20.3. The van der Waals surface area contributed by atoms with Crippen LogP contribution in [0.4, 0.5) is 20.6 Å². The number of anilines is 2. The highest BCUT2D eigenvalue weighted by Crippen LogP contribution is 2.27. The molecular formula is C19H18FN3O3S2. The van der Waals surface area contributed by atoms with Gasteiger partial charge in [0, 0.05) is 22.0 Å². The van der Waals surface area contributed by atoms with Gasteiger partial charge in [0.1, 0.15) is 22.1 Å². The number of carbonyl (C=O) groups excluding carboxylic acids is 2. The van der Waals surface area contributed by atoms with Gasteiger partial charge in [-0.3, -0.25) is 10.1 Å². The molecule has 3 aromatic rings. The van der Waals surface area contributed by atoms with Gasteiger partial charge in [0.2, 0.25) is 0 Å². The molecule has 0 saturated carbocycles. The van der Waals surface area contributed by atoms with Crippen molar-refractivity contribution < 1.29 is 18.7 Å². The van der Waals surface area contributed by atoms with Crippen LogP contribution in [0.25, 0.3) is 10.6 Å². The van der Waals surface area contributed by atoms with E-state index in [0.29, 0.717) is 10.7 Å². The van der Waals surface area contributed by atoms with E-state index in [-0.39, 0.29) is 11.4 Å². The molecule has 0 unspecified atom stereocenters. The van der Waals surface area contributed by atoms with E-state index in [1.54, 1.807) is 26.2 Å². The summed E-state index contributed by atoms with van der Waals surface area (Å²) in [5.74, 6) is -1.16. The number of rotatable bonds is 4. The number of halogens is 1. The van der Waals surface area contributed by atoms with E-state index in [1.165, 1.54) is 34.8 Å². The molecule has 2 amide bonds. The van der Waals surface area contributed by atoms with E-state index in [2.05, 4.69) is 15.6 Å². The largest absolute Gasteiger partial charge is 0.444 e. The number of carbonyl (C=O) groups is 2. The molecule has 28 heavy (non-hydrogen) atoms. The van der Waals surface area contributed by atoms with Gasteiger partial charge in [0.25, 0.3) is 5.91 Å². The van der Waals surface area contributed by atoms with Crippen LogP contribution in [0.1, 0.15) is 31.3 Å². The highest BCUT2D eigenvalue weighted by atomic mass is 32.1. The van der Waals surface area contributed by atoms with E-state index >= 15 is 0 Å². The lowest BCUT2D eigenvalue weighted by Gasteiger charge is -2.19. The van der Waals surface area contributed by atoms with Crippen LogP contribution in [-0.2, 0) is 4.74 Å². The monoisotopic (exact) mass is 419 g/mol. The topological polar surface area (TPSA) is 80.3 Å². The molecule has 2 N–H and O–H groups in total. The molecule has 0 saturated heterocycles. The van der Waals surface area contributed by atoms with Gasteiger partial charge in [-0.25, -0.2) is 14.2 Å². The molecule has 0 atom stereocenters. The van der Waals surface area contributed by atoms with Crippen LogP contribution < -0.4 is 10.6 Å². The number of aromatic nitrogens is 1. The number of thiazole rings is 1. The molecule has 0 fully saturated rings. The molecule has 6 nitrogen and oxygen atoms in total. The maximum absolute atomic E-state index is 14.1. The Morgan fingerprint density at radius 3 is 2.61 bits per heavy atom. The first-order valence-electron chi connectivity index (χ1n) is 8.30. The molecule has 9 heteroatoms.